The SMILES string of the molecule is Cc1nsc(Nc2cnc(C3CCN(CCC(F)(F)F)CC3)cn2)c1C(=O)Nc1ccc(F)c(F)c1. The lowest BCUT2D eigenvalue weighted by Crippen LogP contribution is -2.35. The molecule has 0 spiro atoms. The first-order chi connectivity index (χ1) is 17.1. The largest absolute Gasteiger partial charge is 0.390 e. The third-order valence-corrected chi connectivity index (χ3v) is 6.75. The smallest absolute Gasteiger partial charge is 0.329 e. The van der Waals surface area contributed by atoms with E-state index < -0.39 is 30.1 Å². The number of nitrogens with one attached hydrogen (secondary N) is 2. The molecule has 3 heterocycles. The van der Waals surface area contributed by atoms with Gasteiger partial charge in [0.1, 0.15) is 10.8 Å². The molecule has 0 aliphatic carbocycles. The van der Waals surface area contributed by atoms with E-state index in [2.05, 4.69) is 25.0 Å². The van der Waals surface area contributed by atoms with Crippen LogP contribution in [0.25, 0.3) is 0 Å². The summed E-state index contributed by atoms with van der Waals surface area (Å²) in [6.45, 7) is 2.79. The highest BCUT2D eigenvalue weighted by atomic mass is 32.1. The van der Waals surface area contributed by atoms with Gasteiger partial charge in [-0.2, -0.15) is 17.5 Å². The first kappa shape index (κ1) is 25.9. The molecule has 13 heteroatoms. The zero-order valence-electron chi connectivity index (χ0n) is 19.2. The molecule has 1 aliphatic rings. The number of carbonyl (C=O) groups is 1. The average Bonchev–Trinajstić information content (AvgIpc) is 3.20. The van der Waals surface area contributed by atoms with E-state index in [0.29, 0.717) is 42.4 Å². The summed E-state index contributed by atoms with van der Waals surface area (Å²) in [5.74, 6) is -2.15. The zero-order valence-corrected chi connectivity index (χ0v) is 20.0. The molecule has 0 saturated carbocycles. The number of benzene rings is 1. The van der Waals surface area contributed by atoms with E-state index in [1.165, 1.54) is 12.3 Å². The van der Waals surface area contributed by atoms with Gasteiger partial charge >= 0.3 is 6.18 Å². The summed E-state index contributed by atoms with van der Waals surface area (Å²) in [6.07, 6.45) is -0.426. The molecule has 2 N–H and O–H groups in total. The van der Waals surface area contributed by atoms with Gasteiger partial charge in [0.25, 0.3) is 5.91 Å². The second-order valence-corrected chi connectivity index (χ2v) is 9.26. The van der Waals surface area contributed by atoms with E-state index in [0.717, 1.165) is 29.4 Å². The van der Waals surface area contributed by atoms with Crippen molar-refractivity contribution in [2.45, 2.75) is 38.3 Å². The Morgan fingerprint density at radius 2 is 1.89 bits per heavy atom. The summed E-state index contributed by atoms with van der Waals surface area (Å²) < 4.78 is 68.1. The van der Waals surface area contributed by atoms with Crippen LogP contribution in [0.2, 0.25) is 0 Å². The Morgan fingerprint density at radius 1 is 1.14 bits per heavy atom. The maximum absolute atomic E-state index is 13.5. The average molecular weight is 527 g/mol. The van der Waals surface area contributed by atoms with Crippen LogP contribution in [-0.2, 0) is 0 Å². The van der Waals surface area contributed by atoms with Crippen LogP contribution in [0.4, 0.5) is 38.5 Å². The minimum atomic E-state index is -4.15. The van der Waals surface area contributed by atoms with E-state index in [-0.39, 0.29) is 23.7 Å². The normalized spacial score (nSPS) is 15.2. The molecule has 3 aromatic rings. The van der Waals surface area contributed by atoms with Crippen molar-refractivity contribution in [1.29, 1.82) is 0 Å². The lowest BCUT2D eigenvalue weighted by Gasteiger charge is -2.31. The minimum absolute atomic E-state index is 0.00499. The third kappa shape index (κ3) is 6.52. The number of likely N-dealkylation sites (tertiary alicyclic amines) is 1. The quantitative estimate of drug-likeness (QED) is 0.388. The summed E-state index contributed by atoms with van der Waals surface area (Å²) >= 11 is 1.04. The number of rotatable bonds is 7. The number of aromatic nitrogens is 3. The van der Waals surface area contributed by atoms with Crippen LogP contribution in [0.1, 0.15) is 46.9 Å². The predicted octanol–water partition coefficient (Wildman–Crippen LogP) is 5.65. The second-order valence-electron chi connectivity index (χ2n) is 8.49. The van der Waals surface area contributed by atoms with Gasteiger partial charge in [0.2, 0.25) is 0 Å². The standard InChI is InChI=1S/C23H23F5N6OS/c1-13-20(21(35)31-15-2-3-16(24)17(25)10-15)22(36-33-13)32-19-12-29-18(11-30-19)14-4-7-34(8-5-14)9-6-23(26,27)28/h2-3,10-12,14H,4-9H2,1H3,(H,30,32)(H,31,35). The third-order valence-electron chi connectivity index (χ3n) is 5.90. The summed E-state index contributed by atoms with van der Waals surface area (Å²) in [6, 6.07) is 3.07. The number of hydrogen-bond donors (Lipinski definition) is 2. The summed E-state index contributed by atoms with van der Waals surface area (Å²) in [4.78, 5) is 23.4. The Bertz CT molecular complexity index is 1210. The molecule has 0 bridgehead atoms. The fraction of sp³-hybridized carbons (Fsp3) is 0.391. The van der Waals surface area contributed by atoms with Gasteiger partial charge in [-0.05, 0) is 56.5 Å². The van der Waals surface area contributed by atoms with Crippen molar-refractivity contribution in [1.82, 2.24) is 19.2 Å². The van der Waals surface area contributed by atoms with Crippen LogP contribution >= 0.6 is 11.5 Å². The molecule has 1 fully saturated rings. The maximum atomic E-state index is 13.5. The van der Waals surface area contributed by atoms with E-state index in [9.17, 15) is 26.7 Å². The molecular weight excluding hydrogens is 503 g/mol. The molecule has 0 unspecified atom stereocenters. The van der Waals surface area contributed by atoms with Crippen LogP contribution in [0, 0.1) is 18.6 Å². The topological polar surface area (TPSA) is 83.0 Å². The second kappa shape index (κ2) is 10.8. The fourth-order valence-corrected chi connectivity index (χ4v) is 4.76. The van der Waals surface area contributed by atoms with Crippen LogP contribution < -0.4 is 10.6 Å². The Labute approximate surface area is 207 Å². The Hall–Kier alpha value is -3.19. The van der Waals surface area contributed by atoms with Crippen molar-refractivity contribution in [3.63, 3.8) is 0 Å². The number of alkyl halides is 3. The number of anilines is 3. The van der Waals surface area contributed by atoms with Gasteiger partial charge in [-0.1, -0.05) is 0 Å². The van der Waals surface area contributed by atoms with Crippen molar-refractivity contribution in [3.8, 4) is 0 Å². The molecule has 0 radical (unpaired) electrons. The number of piperidine rings is 1. The predicted molar refractivity (Wildman–Crippen MR) is 126 cm³/mol. The first-order valence-electron chi connectivity index (χ1n) is 11.2. The molecule has 0 atom stereocenters. The molecule has 36 heavy (non-hydrogen) atoms. The molecule has 7 nitrogen and oxygen atoms in total. The van der Waals surface area contributed by atoms with E-state index >= 15 is 0 Å². The number of carbonyl (C=O) groups excluding carboxylic acids is 1. The Morgan fingerprint density at radius 3 is 2.53 bits per heavy atom. The van der Waals surface area contributed by atoms with Crippen molar-refractivity contribution < 1.29 is 26.7 Å². The van der Waals surface area contributed by atoms with Crippen molar-refractivity contribution >= 4 is 33.9 Å². The van der Waals surface area contributed by atoms with Gasteiger partial charge < -0.3 is 15.5 Å². The zero-order chi connectivity index (χ0) is 25.9. The molecule has 1 aliphatic heterocycles. The summed E-state index contributed by atoms with van der Waals surface area (Å²) in [5.41, 5.74) is 1.54. The van der Waals surface area contributed by atoms with E-state index in [1.807, 2.05) is 4.90 Å². The maximum Gasteiger partial charge on any atom is 0.390 e. The molecule has 2 aromatic heterocycles. The molecule has 1 aromatic carbocycles. The van der Waals surface area contributed by atoms with E-state index in [4.69, 9.17) is 0 Å². The van der Waals surface area contributed by atoms with Gasteiger partial charge in [0.15, 0.2) is 11.6 Å². The molecule has 4 rings (SSSR count). The highest BCUT2D eigenvalue weighted by Gasteiger charge is 2.29. The van der Waals surface area contributed by atoms with Gasteiger partial charge in [-0.25, -0.2) is 13.8 Å². The van der Waals surface area contributed by atoms with Crippen LogP contribution in [0.15, 0.2) is 30.6 Å². The molecule has 1 saturated heterocycles. The fourth-order valence-electron chi connectivity index (χ4n) is 3.96. The van der Waals surface area contributed by atoms with Gasteiger partial charge in [-0.3, -0.25) is 9.78 Å². The molecular formula is C23H23F5N6OS. The minimum Gasteiger partial charge on any atom is -0.329 e. The number of hydrogen-bond acceptors (Lipinski definition) is 7. The molecule has 192 valence electrons. The lowest BCUT2D eigenvalue weighted by atomic mass is 9.94. The first-order valence-corrected chi connectivity index (χ1v) is 12.0. The highest BCUT2D eigenvalue weighted by molar-refractivity contribution is 7.10. The number of nitrogens with zero attached hydrogens (tertiary/aromatic N) is 4. The van der Waals surface area contributed by atoms with Crippen molar-refractivity contribution in [2.75, 3.05) is 30.3 Å². The number of amides is 1. The van der Waals surface area contributed by atoms with Gasteiger partial charge in [0.05, 0.1) is 35.8 Å². The number of aryl methyl sites for hydroxylation is 1. The summed E-state index contributed by atoms with van der Waals surface area (Å²) in [7, 11) is 0. The number of halogens is 5. The lowest BCUT2D eigenvalue weighted by molar-refractivity contribution is -0.138. The van der Waals surface area contributed by atoms with Crippen LogP contribution in [0.3, 0.4) is 0 Å². The van der Waals surface area contributed by atoms with Gasteiger partial charge in [-0.15, -0.1) is 0 Å². The van der Waals surface area contributed by atoms with Crippen molar-refractivity contribution in [3.05, 3.63) is 59.2 Å². The van der Waals surface area contributed by atoms with Gasteiger partial charge in [0, 0.05) is 24.2 Å². The highest BCUT2D eigenvalue weighted by Crippen LogP contribution is 2.30. The Balaban J connectivity index is 1.37. The van der Waals surface area contributed by atoms with Crippen molar-refractivity contribution in [2.24, 2.45) is 0 Å². The molecule has 1 amide bonds. The van der Waals surface area contributed by atoms with Crippen LogP contribution in [0.5, 0.6) is 0 Å². The summed E-state index contributed by atoms with van der Waals surface area (Å²) in [5, 5.41) is 5.96. The van der Waals surface area contributed by atoms with E-state index in [1.54, 1.807) is 13.1 Å². The van der Waals surface area contributed by atoms with Crippen LogP contribution in [-0.4, -0.2) is 51.0 Å². The monoisotopic (exact) mass is 526 g/mol. The Kier molecular flexibility index (Phi) is 7.79.